The zero-order valence-corrected chi connectivity index (χ0v) is 12.8. The number of nitrogens with zero attached hydrogens (tertiary/aromatic N) is 1. The van der Waals surface area contributed by atoms with Crippen molar-refractivity contribution in [2.24, 2.45) is 11.0 Å². The first kappa shape index (κ1) is 13.9. The molecule has 3 rings (SSSR count). The van der Waals surface area contributed by atoms with Gasteiger partial charge in [-0.15, -0.1) is 11.6 Å². The molecule has 4 nitrogen and oxygen atoms in total. The van der Waals surface area contributed by atoms with Crippen LogP contribution < -0.4 is 4.83 Å². The van der Waals surface area contributed by atoms with Crippen LogP contribution in [-0.4, -0.2) is 19.0 Å². The lowest BCUT2D eigenvalue weighted by Gasteiger charge is -2.18. The third kappa shape index (κ3) is 2.56. The Bertz CT molecular complexity index is 654. The van der Waals surface area contributed by atoms with Crippen molar-refractivity contribution in [3.63, 3.8) is 0 Å². The van der Waals surface area contributed by atoms with Gasteiger partial charge in [-0.05, 0) is 38.3 Å². The largest absolute Gasteiger partial charge is 0.276 e. The number of hydrogen-bond acceptors (Lipinski definition) is 3. The highest BCUT2D eigenvalue weighted by molar-refractivity contribution is 7.89. The molecule has 0 amide bonds. The molecule has 2 fully saturated rings. The Morgan fingerprint density at radius 2 is 2.05 bits per heavy atom. The predicted molar refractivity (Wildman–Crippen MR) is 79.5 cm³/mol. The van der Waals surface area contributed by atoms with Gasteiger partial charge in [-0.2, -0.15) is 13.5 Å². The van der Waals surface area contributed by atoms with Crippen LogP contribution in [0, 0.1) is 12.8 Å². The molecule has 2 unspecified atom stereocenters. The third-order valence-electron chi connectivity index (χ3n) is 4.16. The second-order valence-corrected chi connectivity index (χ2v) is 8.24. The molecule has 2 aliphatic rings. The molecule has 0 aliphatic heterocycles. The summed E-state index contributed by atoms with van der Waals surface area (Å²) in [5.74, 6) is 0.341. The molecule has 1 aromatic rings. The second kappa shape index (κ2) is 4.74. The highest BCUT2D eigenvalue weighted by Crippen LogP contribution is 2.50. The number of alkyl halides is 1. The molecule has 1 N–H and O–H groups in total. The fraction of sp³-hybridized carbons (Fsp3) is 0.500. The Labute approximate surface area is 124 Å². The molecule has 2 atom stereocenters. The van der Waals surface area contributed by atoms with Crippen molar-refractivity contribution >= 4 is 27.3 Å². The van der Waals surface area contributed by atoms with E-state index in [4.69, 9.17) is 11.6 Å². The van der Waals surface area contributed by atoms with Crippen LogP contribution in [0.25, 0.3) is 0 Å². The highest BCUT2D eigenvalue weighted by Gasteiger charge is 2.47. The van der Waals surface area contributed by atoms with Gasteiger partial charge in [-0.3, -0.25) is 0 Å². The van der Waals surface area contributed by atoms with E-state index in [0.29, 0.717) is 12.3 Å². The Morgan fingerprint density at radius 3 is 2.60 bits per heavy atom. The van der Waals surface area contributed by atoms with Crippen molar-refractivity contribution < 1.29 is 8.42 Å². The molecule has 6 heteroatoms. The topological polar surface area (TPSA) is 58.5 Å². The molecule has 108 valence electrons. The molecule has 0 spiro atoms. The number of benzene rings is 1. The van der Waals surface area contributed by atoms with Crippen LogP contribution in [0.3, 0.4) is 0 Å². The van der Waals surface area contributed by atoms with E-state index in [9.17, 15) is 8.42 Å². The van der Waals surface area contributed by atoms with Gasteiger partial charge in [0, 0.05) is 18.1 Å². The summed E-state index contributed by atoms with van der Waals surface area (Å²) < 4.78 is 24.3. The van der Waals surface area contributed by atoms with E-state index in [0.717, 1.165) is 30.5 Å². The Balaban J connectivity index is 1.76. The van der Waals surface area contributed by atoms with E-state index in [-0.39, 0.29) is 9.77 Å². The van der Waals surface area contributed by atoms with E-state index in [1.807, 2.05) is 6.92 Å². The van der Waals surface area contributed by atoms with Gasteiger partial charge in [0.25, 0.3) is 10.0 Å². The number of hydrogen-bond donors (Lipinski definition) is 1. The van der Waals surface area contributed by atoms with Gasteiger partial charge >= 0.3 is 0 Å². The molecule has 2 saturated carbocycles. The number of aryl methyl sites for hydroxylation is 1. The molecule has 0 radical (unpaired) electrons. The summed E-state index contributed by atoms with van der Waals surface area (Å²) in [5, 5.41) is 4.12. The van der Waals surface area contributed by atoms with Crippen LogP contribution in [-0.2, 0) is 10.0 Å². The fourth-order valence-electron chi connectivity index (χ4n) is 3.01. The molecular weight excluding hydrogens is 296 g/mol. The zero-order valence-electron chi connectivity index (χ0n) is 11.3. The summed E-state index contributed by atoms with van der Waals surface area (Å²) in [4.78, 5) is 2.39. The van der Waals surface area contributed by atoms with Gasteiger partial charge in [0.05, 0.1) is 9.77 Å². The summed E-state index contributed by atoms with van der Waals surface area (Å²) in [5.41, 5.74) is 1.91. The first-order valence-corrected chi connectivity index (χ1v) is 8.58. The minimum absolute atomic E-state index is 0.182. The van der Waals surface area contributed by atoms with E-state index in [1.54, 1.807) is 24.3 Å². The monoisotopic (exact) mass is 312 g/mol. The third-order valence-corrected chi connectivity index (χ3v) is 5.86. The lowest BCUT2D eigenvalue weighted by atomic mass is 9.98. The summed E-state index contributed by atoms with van der Waals surface area (Å²) in [7, 11) is -3.58. The Morgan fingerprint density at radius 1 is 1.35 bits per heavy atom. The molecule has 2 aliphatic carbocycles. The molecule has 1 aromatic carbocycles. The number of rotatable bonds is 3. The maximum atomic E-state index is 12.1. The van der Waals surface area contributed by atoms with E-state index in [1.165, 1.54) is 0 Å². The normalized spacial score (nSPS) is 30.9. The fourth-order valence-corrected chi connectivity index (χ4v) is 4.28. The number of sulfonamides is 1. The predicted octanol–water partition coefficient (Wildman–Crippen LogP) is 2.81. The molecule has 0 heterocycles. The minimum atomic E-state index is -3.58. The average molecular weight is 313 g/mol. The quantitative estimate of drug-likeness (QED) is 0.689. The number of fused-ring (bicyclic) bond motifs is 2. The van der Waals surface area contributed by atoms with Crippen LogP contribution in [0.2, 0.25) is 0 Å². The van der Waals surface area contributed by atoms with Crippen molar-refractivity contribution in [3.05, 3.63) is 29.8 Å². The Kier molecular flexibility index (Phi) is 3.29. The lowest BCUT2D eigenvalue weighted by Crippen LogP contribution is -2.24. The lowest BCUT2D eigenvalue weighted by molar-refractivity contribution is 0.582. The molecular formula is C14H17ClN2O2S. The number of nitrogens with one attached hydrogen (secondary N) is 1. The van der Waals surface area contributed by atoms with Crippen molar-refractivity contribution in [3.8, 4) is 0 Å². The van der Waals surface area contributed by atoms with E-state index in [2.05, 4.69) is 9.93 Å². The number of halogens is 1. The van der Waals surface area contributed by atoms with Gasteiger partial charge in [-0.1, -0.05) is 17.7 Å². The smallest absolute Gasteiger partial charge is 0.200 e. The summed E-state index contributed by atoms with van der Waals surface area (Å²) in [6.07, 6.45) is 3.62. The zero-order chi connectivity index (χ0) is 14.4. The van der Waals surface area contributed by atoms with Crippen molar-refractivity contribution in [2.75, 3.05) is 0 Å². The summed E-state index contributed by atoms with van der Waals surface area (Å²) in [6, 6.07) is 6.71. The van der Waals surface area contributed by atoms with Gasteiger partial charge in [0.15, 0.2) is 0 Å². The van der Waals surface area contributed by atoms with Crippen molar-refractivity contribution in [1.29, 1.82) is 0 Å². The molecule has 0 saturated heterocycles. The van der Waals surface area contributed by atoms with Gasteiger partial charge in [0.2, 0.25) is 0 Å². The van der Waals surface area contributed by atoms with Crippen LogP contribution in [0.15, 0.2) is 34.3 Å². The second-order valence-electron chi connectivity index (χ2n) is 5.78. The van der Waals surface area contributed by atoms with Crippen LogP contribution >= 0.6 is 11.6 Å². The minimum Gasteiger partial charge on any atom is -0.200 e. The van der Waals surface area contributed by atoms with Crippen molar-refractivity contribution in [2.45, 2.75) is 42.4 Å². The molecule has 20 heavy (non-hydrogen) atoms. The van der Waals surface area contributed by atoms with Gasteiger partial charge in [-0.25, -0.2) is 4.83 Å². The van der Waals surface area contributed by atoms with Crippen LogP contribution in [0.4, 0.5) is 0 Å². The molecule has 2 bridgehead atoms. The summed E-state index contributed by atoms with van der Waals surface area (Å²) in [6.45, 7) is 1.92. The maximum absolute atomic E-state index is 12.1. The van der Waals surface area contributed by atoms with Gasteiger partial charge in [0.1, 0.15) is 0 Å². The first-order valence-electron chi connectivity index (χ1n) is 6.72. The summed E-state index contributed by atoms with van der Waals surface area (Å²) >= 11 is 6.42. The number of hydrazone groups is 1. The van der Waals surface area contributed by atoms with Gasteiger partial charge < -0.3 is 0 Å². The van der Waals surface area contributed by atoms with E-state index >= 15 is 0 Å². The standard InChI is InChI=1S/C14H17ClN2O2S/c1-10-2-4-12(5-3-10)20(18,19)17-16-13-9-14(15)7-6-11(13)8-14/h2-5,11,17H,6-9H2,1H3. The van der Waals surface area contributed by atoms with Crippen molar-refractivity contribution in [1.82, 2.24) is 4.83 Å². The van der Waals surface area contributed by atoms with Crippen LogP contribution in [0.5, 0.6) is 0 Å². The highest BCUT2D eigenvalue weighted by atomic mass is 35.5. The average Bonchev–Trinajstić information content (AvgIpc) is 2.92. The van der Waals surface area contributed by atoms with E-state index < -0.39 is 10.0 Å². The SMILES string of the molecule is Cc1ccc(S(=O)(=O)NN=C2CC3(Cl)CCC2C3)cc1. The maximum Gasteiger partial charge on any atom is 0.276 e. The molecule has 0 aromatic heterocycles. The Hall–Kier alpha value is -1.07. The first-order chi connectivity index (χ1) is 9.38. The van der Waals surface area contributed by atoms with Crippen LogP contribution in [0.1, 0.15) is 31.2 Å².